The van der Waals surface area contributed by atoms with Crippen molar-refractivity contribution >= 4 is 17.5 Å². The molecule has 1 aromatic rings. The van der Waals surface area contributed by atoms with Gasteiger partial charge in [-0.15, -0.1) is 0 Å². The minimum atomic E-state index is -0.368. The summed E-state index contributed by atoms with van der Waals surface area (Å²) in [4.78, 5) is 22.5. The van der Waals surface area contributed by atoms with Crippen LogP contribution in [0.2, 0.25) is 0 Å². The van der Waals surface area contributed by atoms with E-state index in [2.05, 4.69) is 5.32 Å². The van der Waals surface area contributed by atoms with E-state index in [1.807, 2.05) is 0 Å². The van der Waals surface area contributed by atoms with Crippen molar-refractivity contribution in [2.45, 2.75) is 31.7 Å². The molecule has 1 fully saturated rings. The lowest BCUT2D eigenvalue weighted by Gasteiger charge is -2.10. The molecular weight excluding hydrogens is 242 g/mol. The number of nitrogens with two attached hydrogens (primary N) is 2. The number of benzene rings is 1. The molecule has 0 aromatic heterocycles. The smallest absolute Gasteiger partial charge is 0.225 e. The number of rotatable bonds is 6. The zero-order valence-electron chi connectivity index (χ0n) is 10.8. The Morgan fingerprint density at radius 2 is 1.89 bits per heavy atom. The Morgan fingerprint density at radius 3 is 2.42 bits per heavy atom. The van der Waals surface area contributed by atoms with Gasteiger partial charge in [0.05, 0.1) is 6.42 Å². The Labute approximate surface area is 112 Å². The molecule has 0 aliphatic heterocycles. The number of hydrogen-bond acceptors (Lipinski definition) is 3. The van der Waals surface area contributed by atoms with Crippen LogP contribution >= 0.6 is 0 Å². The highest BCUT2D eigenvalue weighted by molar-refractivity contribution is 5.91. The third kappa shape index (κ3) is 4.37. The first kappa shape index (κ1) is 13.5. The maximum atomic E-state index is 11.8. The van der Waals surface area contributed by atoms with E-state index in [1.165, 1.54) is 0 Å². The summed E-state index contributed by atoms with van der Waals surface area (Å²) in [5, 5.41) is 2.80. The molecule has 19 heavy (non-hydrogen) atoms. The van der Waals surface area contributed by atoms with E-state index < -0.39 is 0 Å². The van der Waals surface area contributed by atoms with E-state index in [4.69, 9.17) is 11.5 Å². The molecule has 1 unspecified atom stereocenters. The summed E-state index contributed by atoms with van der Waals surface area (Å²) in [6, 6.07) is 7.05. The lowest BCUT2D eigenvalue weighted by Crippen LogP contribution is -2.28. The zero-order chi connectivity index (χ0) is 13.8. The van der Waals surface area contributed by atoms with Gasteiger partial charge in [-0.3, -0.25) is 9.59 Å². The van der Waals surface area contributed by atoms with Crippen molar-refractivity contribution in [3.05, 3.63) is 29.8 Å². The van der Waals surface area contributed by atoms with Crippen molar-refractivity contribution in [2.75, 3.05) is 5.32 Å². The molecule has 2 rings (SSSR count). The van der Waals surface area contributed by atoms with Gasteiger partial charge in [-0.05, 0) is 36.5 Å². The van der Waals surface area contributed by atoms with E-state index in [0.29, 0.717) is 18.0 Å². The zero-order valence-corrected chi connectivity index (χ0v) is 10.8. The van der Waals surface area contributed by atoms with Crippen molar-refractivity contribution in [1.29, 1.82) is 0 Å². The van der Waals surface area contributed by atoms with Gasteiger partial charge < -0.3 is 16.8 Å². The fourth-order valence-corrected chi connectivity index (χ4v) is 2.02. The molecule has 2 amide bonds. The largest absolute Gasteiger partial charge is 0.369 e. The molecule has 1 aromatic carbocycles. The average Bonchev–Trinajstić information content (AvgIpc) is 3.14. The highest BCUT2D eigenvalue weighted by Gasteiger charge is 2.29. The Kier molecular flexibility index (Phi) is 4.16. The summed E-state index contributed by atoms with van der Waals surface area (Å²) in [5.41, 5.74) is 12.6. The van der Waals surface area contributed by atoms with Gasteiger partial charge in [-0.2, -0.15) is 0 Å². The molecule has 1 atom stereocenters. The Balaban J connectivity index is 1.84. The number of primary amides is 1. The second-order valence-electron chi connectivity index (χ2n) is 5.09. The van der Waals surface area contributed by atoms with Gasteiger partial charge in [0.1, 0.15) is 0 Å². The molecule has 5 N–H and O–H groups in total. The Hall–Kier alpha value is -1.88. The van der Waals surface area contributed by atoms with Gasteiger partial charge in [0.2, 0.25) is 11.8 Å². The molecule has 1 saturated carbocycles. The van der Waals surface area contributed by atoms with E-state index in [9.17, 15) is 9.59 Å². The summed E-state index contributed by atoms with van der Waals surface area (Å²) in [7, 11) is 0. The molecule has 0 bridgehead atoms. The summed E-state index contributed by atoms with van der Waals surface area (Å²) < 4.78 is 0. The number of anilines is 1. The van der Waals surface area contributed by atoms with Gasteiger partial charge in [0.25, 0.3) is 0 Å². The van der Waals surface area contributed by atoms with Crippen LogP contribution < -0.4 is 16.8 Å². The van der Waals surface area contributed by atoms with Gasteiger partial charge >= 0.3 is 0 Å². The minimum Gasteiger partial charge on any atom is -0.369 e. The molecule has 0 heterocycles. The normalized spacial score (nSPS) is 15.8. The van der Waals surface area contributed by atoms with Crippen molar-refractivity contribution < 1.29 is 9.59 Å². The summed E-state index contributed by atoms with van der Waals surface area (Å²) >= 11 is 0. The molecule has 0 saturated heterocycles. The molecule has 102 valence electrons. The Bertz CT molecular complexity index is 466. The second kappa shape index (κ2) is 5.84. The molecule has 5 heteroatoms. The summed E-state index contributed by atoms with van der Waals surface area (Å²) in [6.07, 6.45) is 2.83. The lowest BCUT2D eigenvalue weighted by atomic mass is 10.1. The first-order chi connectivity index (χ1) is 9.04. The van der Waals surface area contributed by atoms with Crippen molar-refractivity contribution in [3.63, 3.8) is 0 Å². The molecule has 0 spiro atoms. The number of nitrogens with one attached hydrogen (secondary N) is 1. The van der Waals surface area contributed by atoms with Crippen LogP contribution in [0.15, 0.2) is 24.3 Å². The minimum absolute atomic E-state index is 0.0332. The maximum Gasteiger partial charge on any atom is 0.225 e. The van der Waals surface area contributed by atoms with E-state index >= 15 is 0 Å². The molecule has 1 aliphatic carbocycles. The first-order valence-electron chi connectivity index (χ1n) is 6.47. The van der Waals surface area contributed by atoms with E-state index in [0.717, 1.165) is 18.4 Å². The molecule has 5 nitrogen and oxygen atoms in total. The quantitative estimate of drug-likeness (QED) is 0.705. The van der Waals surface area contributed by atoms with Crippen LogP contribution in [0.3, 0.4) is 0 Å². The van der Waals surface area contributed by atoms with Crippen molar-refractivity contribution in [3.8, 4) is 0 Å². The highest BCUT2D eigenvalue weighted by atomic mass is 16.1. The van der Waals surface area contributed by atoms with Crippen LogP contribution in [0, 0.1) is 5.92 Å². The van der Waals surface area contributed by atoms with Crippen LogP contribution in [0.1, 0.15) is 24.8 Å². The molecule has 1 aliphatic rings. The fourth-order valence-electron chi connectivity index (χ4n) is 2.02. The SMILES string of the molecule is NC(=O)Cc1ccc(NC(=O)CC(N)C2CC2)cc1. The number of hydrogen-bond donors (Lipinski definition) is 3. The van der Waals surface area contributed by atoms with E-state index in [-0.39, 0.29) is 24.3 Å². The number of carbonyl (C=O) groups is 2. The molecule has 0 radical (unpaired) electrons. The first-order valence-corrected chi connectivity index (χ1v) is 6.47. The van der Waals surface area contributed by atoms with Gasteiger partial charge in [-0.1, -0.05) is 12.1 Å². The summed E-state index contributed by atoms with van der Waals surface area (Å²) in [5.74, 6) is 0.0814. The van der Waals surface area contributed by atoms with Crippen molar-refractivity contribution in [2.24, 2.45) is 17.4 Å². The monoisotopic (exact) mass is 261 g/mol. The van der Waals surface area contributed by atoms with Crippen LogP contribution in [-0.4, -0.2) is 17.9 Å². The number of carbonyl (C=O) groups excluding carboxylic acids is 2. The Morgan fingerprint density at radius 1 is 1.26 bits per heavy atom. The van der Waals surface area contributed by atoms with Gasteiger partial charge in [0.15, 0.2) is 0 Å². The topological polar surface area (TPSA) is 98.2 Å². The van der Waals surface area contributed by atoms with Gasteiger partial charge in [-0.25, -0.2) is 0 Å². The maximum absolute atomic E-state index is 11.8. The number of amides is 2. The van der Waals surface area contributed by atoms with Gasteiger partial charge in [0, 0.05) is 18.2 Å². The van der Waals surface area contributed by atoms with Crippen LogP contribution in [0.5, 0.6) is 0 Å². The lowest BCUT2D eigenvalue weighted by molar-refractivity contribution is -0.117. The fraction of sp³-hybridized carbons (Fsp3) is 0.429. The second-order valence-corrected chi connectivity index (χ2v) is 5.09. The predicted molar refractivity (Wildman–Crippen MR) is 73.3 cm³/mol. The third-order valence-electron chi connectivity index (χ3n) is 3.26. The third-order valence-corrected chi connectivity index (χ3v) is 3.26. The summed E-state index contributed by atoms with van der Waals surface area (Å²) in [6.45, 7) is 0. The average molecular weight is 261 g/mol. The van der Waals surface area contributed by atoms with Crippen molar-refractivity contribution in [1.82, 2.24) is 0 Å². The molecular formula is C14H19N3O2. The van der Waals surface area contributed by atoms with Crippen LogP contribution in [0.25, 0.3) is 0 Å². The van der Waals surface area contributed by atoms with E-state index in [1.54, 1.807) is 24.3 Å². The predicted octanol–water partition coefficient (Wildman–Crippen LogP) is 0.780. The van der Waals surface area contributed by atoms with Crippen LogP contribution in [0.4, 0.5) is 5.69 Å². The standard InChI is InChI=1S/C14H19N3O2/c15-12(10-3-4-10)8-14(19)17-11-5-1-9(2-6-11)7-13(16)18/h1-2,5-6,10,12H,3-4,7-8,15H2,(H2,16,18)(H,17,19). The van der Waals surface area contributed by atoms with Crippen LogP contribution in [-0.2, 0) is 16.0 Å². The highest BCUT2D eigenvalue weighted by Crippen LogP contribution is 2.32.